The van der Waals surface area contributed by atoms with E-state index in [1.165, 1.54) is 12.1 Å². The van der Waals surface area contributed by atoms with Crippen LogP contribution in [0.1, 0.15) is 13.3 Å². The topological polar surface area (TPSA) is 21.3 Å². The normalized spacial score (nSPS) is 11.4. The van der Waals surface area contributed by atoms with Crippen LogP contribution in [0.25, 0.3) is 0 Å². The van der Waals surface area contributed by atoms with Gasteiger partial charge in [0.15, 0.2) is 11.6 Å². The molecule has 0 unspecified atom stereocenters. The van der Waals surface area contributed by atoms with Gasteiger partial charge in [0.2, 0.25) is 0 Å². The van der Waals surface area contributed by atoms with Crippen molar-refractivity contribution < 1.29 is 22.3 Å². The van der Waals surface area contributed by atoms with Crippen molar-refractivity contribution in [1.29, 1.82) is 0 Å². The number of hydrogen-bond donors (Lipinski definition) is 1. The minimum Gasteiger partial charge on any atom is -0.491 e. The van der Waals surface area contributed by atoms with Crippen molar-refractivity contribution in [2.24, 2.45) is 0 Å². The van der Waals surface area contributed by atoms with Crippen molar-refractivity contribution in [1.82, 2.24) is 0 Å². The SMILES string of the molecule is CCOc1ccc(NCCC(F)(F)F)cc1F. The quantitative estimate of drug-likeness (QED) is 0.807. The van der Waals surface area contributed by atoms with Gasteiger partial charge in [-0.05, 0) is 19.1 Å². The summed E-state index contributed by atoms with van der Waals surface area (Å²) in [4.78, 5) is 0. The van der Waals surface area contributed by atoms with E-state index in [1.807, 2.05) is 0 Å². The maximum absolute atomic E-state index is 13.3. The first-order chi connectivity index (χ1) is 7.92. The van der Waals surface area contributed by atoms with E-state index in [4.69, 9.17) is 4.74 Å². The molecule has 0 saturated heterocycles. The first kappa shape index (κ1) is 13.6. The van der Waals surface area contributed by atoms with Gasteiger partial charge in [0.25, 0.3) is 0 Å². The molecule has 96 valence electrons. The van der Waals surface area contributed by atoms with Crippen LogP contribution in [0.2, 0.25) is 0 Å². The Hall–Kier alpha value is -1.46. The highest BCUT2D eigenvalue weighted by Crippen LogP contribution is 2.22. The Bertz CT molecular complexity index is 365. The molecule has 0 amide bonds. The van der Waals surface area contributed by atoms with E-state index in [2.05, 4.69) is 5.32 Å². The van der Waals surface area contributed by atoms with Gasteiger partial charge < -0.3 is 10.1 Å². The lowest BCUT2D eigenvalue weighted by molar-refractivity contribution is -0.131. The molecule has 0 spiro atoms. The fourth-order valence-electron chi connectivity index (χ4n) is 1.23. The van der Waals surface area contributed by atoms with Gasteiger partial charge in [-0.1, -0.05) is 0 Å². The molecule has 0 heterocycles. The van der Waals surface area contributed by atoms with E-state index in [9.17, 15) is 17.6 Å². The van der Waals surface area contributed by atoms with Crippen molar-refractivity contribution in [3.63, 3.8) is 0 Å². The summed E-state index contributed by atoms with van der Waals surface area (Å²) in [6.45, 7) is 1.77. The molecule has 17 heavy (non-hydrogen) atoms. The fraction of sp³-hybridized carbons (Fsp3) is 0.455. The molecule has 2 nitrogen and oxygen atoms in total. The molecule has 0 saturated carbocycles. The van der Waals surface area contributed by atoms with Gasteiger partial charge in [0.1, 0.15) is 0 Å². The summed E-state index contributed by atoms with van der Waals surface area (Å²) in [5.41, 5.74) is 0.301. The first-order valence-electron chi connectivity index (χ1n) is 5.15. The van der Waals surface area contributed by atoms with Crippen molar-refractivity contribution in [3.05, 3.63) is 24.0 Å². The molecule has 0 aliphatic rings. The summed E-state index contributed by atoms with van der Waals surface area (Å²) in [6, 6.07) is 3.97. The lowest BCUT2D eigenvalue weighted by Crippen LogP contribution is -2.14. The standard InChI is InChI=1S/C11H13F4NO/c1-2-17-10-4-3-8(7-9(10)12)16-6-5-11(13,14)15/h3-4,7,16H,2,5-6H2,1H3. The number of ether oxygens (including phenoxy) is 1. The molecule has 0 bridgehead atoms. The summed E-state index contributed by atoms with van der Waals surface area (Å²) >= 11 is 0. The third-order valence-electron chi connectivity index (χ3n) is 1.97. The molecule has 0 atom stereocenters. The Morgan fingerprint density at radius 1 is 1.29 bits per heavy atom. The Labute approximate surface area is 96.6 Å². The van der Waals surface area contributed by atoms with Crippen molar-refractivity contribution in [2.45, 2.75) is 19.5 Å². The van der Waals surface area contributed by atoms with Gasteiger partial charge in [-0.25, -0.2) is 4.39 Å². The van der Waals surface area contributed by atoms with Crippen LogP contribution in [0.5, 0.6) is 5.75 Å². The van der Waals surface area contributed by atoms with Crippen LogP contribution >= 0.6 is 0 Å². The number of hydrogen-bond acceptors (Lipinski definition) is 2. The van der Waals surface area contributed by atoms with E-state index in [1.54, 1.807) is 6.92 Å². The minimum atomic E-state index is -4.21. The molecule has 0 fully saturated rings. The Morgan fingerprint density at radius 3 is 2.53 bits per heavy atom. The van der Waals surface area contributed by atoms with E-state index in [0.717, 1.165) is 6.07 Å². The first-order valence-corrected chi connectivity index (χ1v) is 5.15. The molecule has 0 aliphatic heterocycles. The number of halogens is 4. The summed E-state index contributed by atoms with van der Waals surface area (Å²) < 4.78 is 53.9. The molecule has 0 radical (unpaired) electrons. The second-order valence-electron chi connectivity index (χ2n) is 3.37. The number of nitrogens with one attached hydrogen (secondary N) is 1. The molecule has 6 heteroatoms. The third kappa shape index (κ3) is 4.93. The molecule has 0 aromatic heterocycles. The van der Waals surface area contributed by atoms with E-state index in [-0.39, 0.29) is 12.3 Å². The molecule has 1 aromatic carbocycles. The zero-order valence-corrected chi connectivity index (χ0v) is 9.27. The van der Waals surface area contributed by atoms with Gasteiger partial charge >= 0.3 is 6.18 Å². The summed E-state index contributed by atoms with van der Waals surface area (Å²) in [5, 5.41) is 2.50. The predicted octanol–water partition coefficient (Wildman–Crippen LogP) is 3.59. The third-order valence-corrected chi connectivity index (χ3v) is 1.97. The highest BCUT2D eigenvalue weighted by molar-refractivity contribution is 5.47. The van der Waals surface area contributed by atoms with Gasteiger partial charge in [-0.15, -0.1) is 0 Å². The molecule has 0 aliphatic carbocycles. The van der Waals surface area contributed by atoms with Crippen molar-refractivity contribution >= 4 is 5.69 Å². The molecule has 1 N–H and O–H groups in total. The number of alkyl halides is 3. The second-order valence-corrected chi connectivity index (χ2v) is 3.37. The maximum Gasteiger partial charge on any atom is 0.390 e. The van der Waals surface area contributed by atoms with E-state index < -0.39 is 18.4 Å². The highest BCUT2D eigenvalue weighted by atomic mass is 19.4. The fourth-order valence-corrected chi connectivity index (χ4v) is 1.23. The molecular formula is C11H13F4NO. The largest absolute Gasteiger partial charge is 0.491 e. The zero-order valence-electron chi connectivity index (χ0n) is 9.27. The highest BCUT2D eigenvalue weighted by Gasteiger charge is 2.26. The van der Waals surface area contributed by atoms with Gasteiger partial charge in [0.05, 0.1) is 13.0 Å². The van der Waals surface area contributed by atoms with Crippen LogP contribution < -0.4 is 10.1 Å². The van der Waals surface area contributed by atoms with Crippen LogP contribution in [0, 0.1) is 5.82 Å². The Balaban J connectivity index is 2.53. The molecule has 1 rings (SSSR count). The summed E-state index contributed by atoms with van der Waals surface area (Å²) in [6.07, 6.45) is -5.17. The van der Waals surface area contributed by atoms with E-state index in [0.29, 0.717) is 12.3 Å². The van der Waals surface area contributed by atoms with E-state index >= 15 is 0 Å². The Kier molecular flexibility index (Phi) is 4.60. The Morgan fingerprint density at radius 2 is 2.00 bits per heavy atom. The predicted molar refractivity (Wildman–Crippen MR) is 56.7 cm³/mol. The van der Waals surface area contributed by atoms with Crippen LogP contribution in [-0.4, -0.2) is 19.3 Å². The van der Waals surface area contributed by atoms with Gasteiger partial charge in [-0.2, -0.15) is 13.2 Å². The average molecular weight is 251 g/mol. The van der Waals surface area contributed by atoms with Gasteiger partial charge in [-0.3, -0.25) is 0 Å². The number of anilines is 1. The second kappa shape index (κ2) is 5.75. The number of rotatable bonds is 5. The lowest BCUT2D eigenvalue weighted by Gasteiger charge is -2.10. The van der Waals surface area contributed by atoms with Crippen LogP contribution in [-0.2, 0) is 0 Å². The smallest absolute Gasteiger partial charge is 0.390 e. The minimum absolute atomic E-state index is 0.0915. The zero-order chi connectivity index (χ0) is 12.9. The lowest BCUT2D eigenvalue weighted by atomic mass is 10.3. The van der Waals surface area contributed by atoms with Crippen LogP contribution in [0.4, 0.5) is 23.2 Å². The van der Waals surface area contributed by atoms with Gasteiger partial charge in [0, 0.05) is 18.3 Å². The molecular weight excluding hydrogens is 238 g/mol. The van der Waals surface area contributed by atoms with Crippen LogP contribution in [0.3, 0.4) is 0 Å². The monoisotopic (exact) mass is 251 g/mol. The average Bonchev–Trinajstić information content (AvgIpc) is 2.20. The summed E-state index contributed by atoms with van der Waals surface area (Å²) in [5.74, 6) is -0.502. The summed E-state index contributed by atoms with van der Waals surface area (Å²) in [7, 11) is 0. The van der Waals surface area contributed by atoms with Crippen LogP contribution in [0.15, 0.2) is 18.2 Å². The number of benzene rings is 1. The van der Waals surface area contributed by atoms with Crippen molar-refractivity contribution in [3.8, 4) is 5.75 Å². The maximum atomic E-state index is 13.3. The van der Waals surface area contributed by atoms with Crippen molar-refractivity contribution in [2.75, 3.05) is 18.5 Å². The molecule has 1 aromatic rings.